The zero-order chi connectivity index (χ0) is 39.8. The number of carbonyl (C=O) groups is 3. The summed E-state index contributed by atoms with van der Waals surface area (Å²) >= 11 is 0. The Morgan fingerprint density at radius 3 is 2.11 bits per heavy atom. The van der Waals surface area contributed by atoms with E-state index in [1.807, 2.05) is 0 Å². The molecule has 55 heavy (non-hydrogen) atoms. The first-order valence-corrected chi connectivity index (χ1v) is 17.2. The van der Waals surface area contributed by atoms with Crippen molar-refractivity contribution in [1.29, 1.82) is 0 Å². The molecule has 0 unspecified atom stereocenters. The number of benzene rings is 1. The van der Waals surface area contributed by atoms with E-state index in [1.54, 1.807) is 18.2 Å². The van der Waals surface area contributed by atoms with Gasteiger partial charge in [-0.05, 0) is 42.8 Å². The van der Waals surface area contributed by atoms with Gasteiger partial charge in [0.2, 0.25) is 12.6 Å². The summed E-state index contributed by atoms with van der Waals surface area (Å²) in [5, 5.41) is 80.2. The molecular weight excluding hydrogens is 736 g/mol. The number of methoxy groups -OCH3 is 1. The van der Waals surface area contributed by atoms with E-state index in [1.165, 1.54) is 44.4 Å². The van der Waals surface area contributed by atoms with Crippen LogP contribution in [0.4, 0.5) is 0 Å². The SMILES string of the molecule is COC(=O)C1=CO[C@@H](O[C@@H]2O[C@H](CO)[C@@H](O)[C@H](O)[C@H]2O)[C@@H]2[C@H]1C=C[C@@]21C=C([C@H](C)OC(=O)C=Cc2ccc(O[C@@H]3O[C@H](CO)[C@@H](O)[C@H](O)[C@H]3O)cc2)C(=O)O1. The average molecular weight is 779 g/mol. The number of allylic oxidation sites excluding steroid dienone is 1. The average Bonchev–Trinajstić information content (AvgIpc) is 3.73. The lowest BCUT2D eigenvalue weighted by Gasteiger charge is -2.44. The van der Waals surface area contributed by atoms with Crippen LogP contribution in [0.3, 0.4) is 0 Å². The number of aliphatic hydroxyl groups is 8. The van der Waals surface area contributed by atoms with Crippen LogP contribution in [0.2, 0.25) is 0 Å². The maximum absolute atomic E-state index is 13.3. The smallest absolute Gasteiger partial charge is 0.338 e. The zero-order valence-electron chi connectivity index (χ0n) is 29.3. The predicted molar refractivity (Wildman–Crippen MR) is 178 cm³/mol. The third-order valence-electron chi connectivity index (χ3n) is 10.0. The van der Waals surface area contributed by atoms with Crippen molar-refractivity contribution >= 4 is 24.0 Å². The Kier molecular flexibility index (Phi) is 12.1. The molecule has 0 radical (unpaired) electrons. The van der Waals surface area contributed by atoms with Crippen LogP contribution >= 0.6 is 0 Å². The number of hydrogen-bond acceptors (Lipinski definition) is 19. The van der Waals surface area contributed by atoms with E-state index in [4.69, 9.17) is 37.9 Å². The van der Waals surface area contributed by atoms with E-state index >= 15 is 0 Å². The maximum atomic E-state index is 13.3. The van der Waals surface area contributed by atoms with E-state index in [9.17, 15) is 55.2 Å². The number of carbonyl (C=O) groups excluding carboxylic acids is 3. The second kappa shape index (κ2) is 16.5. The molecule has 0 saturated carbocycles. The molecule has 300 valence electrons. The molecule has 1 aliphatic carbocycles. The highest BCUT2D eigenvalue weighted by Gasteiger charge is 2.60. The molecule has 2 saturated heterocycles. The number of hydrogen-bond donors (Lipinski definition) is 8. The fourth-order valence-electron chi connectivity index (χ4n) is 6.96. The van der Waals surface area contributed by atoms with Crippen LogP contribution in [0.1, 0.15) is 12.5 Å². The summed E-state index contributed by atoms with van der Waals surface area (Å²) in [4.78, 5) is 38.8. The predicted octanol–water partition coefficient (Wildman–Crippen LogP) is -2.94. The second-order valence-electron chi connectivity index (χ2n) is 13.5. The number of ether oxygens (including phenoxy) is 8. The van der Waals surface area contributed by atoms with Gasteiger partial charge in [0.25, 0.3) is 0 Å². The summed E-state index contributed by atoms with van der Waals surface area (Å²) in [5.74, 6) is -4.10. The highest BCUT2D eigenvalue weighted by molar-refractivity contribution is 5.95. The third kappa shape index (κ3) is 7.91. The van der Waals surface area contributed by atoms with Gasteiger partial charge in [-0.25, -0.2) is 14.4 Å². The van der Waals surface area contributed by atoms with Crippen LogP contribution in [0.5, 0.6) is 5.75 Å². The van der Waals surface area contributed by atoms with Crippen molar-refractivity contribution in [3.05, 3.63) is 71.5 Å². The van der Waals surface area contributed by atoms with Crippen LogP contribution in [-0.2, 0) is 47.5 Å². The van der Waals surface area contributed by atoms with Gasteiger partial charge in [0.1, 0.15) is 60.7 Å². The molecule has 2 fully saturated rings. The normalized spacial score (nSPS) is 38.8. The minimum absolute atomic E-state index is 0.0465. The van der Waals surface area contributed by atoms with Crippen LogP contribution < -0.4 is 4.74 Å². The van der Waals surface area contributed by atoms with Crippen LogP contribution in [-0.4, -0.2) is 158 Å². The summed E-state index contributed by atoms with van der Waals surface area (Å²) < 4.78 is 44.3. The highest BCUT2D eigenvalue weighted by atomic mass is 16.8. The standard InChI is InChI=1S/C36H42O19/c1-15(50-23(39)8-5-16-3-6-17(7-4-16)51-34-29(44)27(42)25(40)21(12-37)52-34)19-11-36(55-32(19)47)10-9-18-20(31(46)48-2)14-49-33(24(18)36)54-35-30(45)28(43)26(41)22(13-38)53-35/h3-11,14-15,18,21-22,24-30,33-35,37-38,40-45H,12-13H2,1-2H3/t15-,18-,21+,22+,24-,25+,26+,27-,28-,29+,30+,33-,34+,35-,36+/m0/s1. The Labute approximate surface area is 312 Å². The number of fused-ring (bicyclic) bond motifs is 2. The molecule has 0 amide bonds. The van der Waals surface area contributed by atoms with E-state index in [-0.39, 0.29) is 16.9 Å². The van der Waals surface area contributed by atoms with Crippen molar-refractivity contribution in [3.8, 4) is 5.75 Å². The quantitative estimate of drug-likeness (QED) is 0.0483. The molecule has 0 aromatic heterocycles. The summed E-state index contributed by atoms with van der Waals surface area (Å²) in [5.41, 5.74) is -1.12. The van der Waals surface area contributed by atoms with E-state index < -0.39 is 122 Å². The first-order chi connectivity index (χ1) is 26.2. The summed E-state index contributed by atoms with van der Waals surface area (Å²) in [6, 6.07) is 6.09. The minimum atomic E-state index is -1.79. The summed E-state index contributed by atoms with van der Waals surface area (Å²) in [6.07, 6.45) is -9.86. The molecule has 1 spiro atoms. The molecule has 4 heterocycles. The number of aliphatic hydroxyl groups excluding tert-OH is 8. The van der Waals surface area contributed by atoms with E-state index in [2.05, 4.69) is 0 Å². The lowest BCUT2D eigenvalue weighted by molar-refractivity contribution is -0.344. The first-order valence-electron chi connectivity index (χ1n) is 17.2. The Hall–Kier alpha value is -4.25. The fourth-order valence-corrected chi connectivity index (χ4v) is 6.96. The van der Waals surface area contributed by atoms with E-state index in [0.717, 1.165) is 12.3 Å². The molecule has 6 rings (SSSR count). The Bertz CT molecular complexity index is 1700. The van der Waals surface area contributed by atoms with Gasteiger partial charge in [-0.3, -0.25) is 0 Å². The minimum Gasteiger partial charge on any atom is -0.471 e. The third-order valence-corrected chi connectivity index (χ3v) is 10.0. The number of rotatable bonds is 11. The van der Waals surface area contributed by atoms with E-state index in [0.29, 0.717) is 5.56 Å². The molecular formula is C36H42O19. The van der Waals surface area contributed by atoms with Gasteiger partial charge in [-0.1, -0.05) is 18.2 Å². The molecule has 1 aromatic carbocycles. The summed E-state index contributed by atoms with van der Waals surface area (Å²) in [6.45, 7) is 0.110. The number of esters is 3. The van der Waals surface area contributed by atoms with Gasteiger partial charge in [0.15, 0.2) is 11.9 Å². The molecule has 5 aliphatic rings. The molecule has 19 nitrogen and oxygen atoms in total. The van der Waals surface area contributed by atoms with Crippen molar-refractivity contribution in [3.63, 3.8) is 0 Å². The Morgan fingerprint density at radius 1 is 0.873 bits per heavy atom. The van der Waals surface area contributed by atoms with Gasteiger partial charge in [0, 0.05) is 12.0 Å². The van der Waals surface area contributed by atoms with Gasteiger partial charge >= 0.3 is 17.9 Å². The topological polar surface area (TPSA) is 287 Å². The monoisotopic (exact) mass is 778 g/mol. The molecule has 19 heteroatoms. The van der Waals surface area contributed by atoms with Gasteiger partial charge in [-0.15, -0.1) is 0 Å². The van der Waals surface area contributed by atoms with Crippen molar-refractivity contribution in [2.75, 3.05) is 20.3 Å². The largest absolute Gasteiger partial charge is 0.471 e. The van der Waals surface area contributed by atoms with Crippen molar-refractivity contribution < 1.29 is 93.1 Å². The van der Waals surface area contributed by atoms with Crippen LogP contribution in [0, 0.1) is 11.8 Å². The van der Waals surface area contributed by atoms with Crippen molar-refractivity contribution in [1.82, 2.24) is 0 Å². The molecule has 4 aliphatic heterocycles. The second-order valence-corrected chi connectivity index (χ2v) is 13.5. The Balaban J connectivity index is 1.13. The lowest BCUT2D eigenvalue weighted by Crippen LogP contribution is -2.60. The fraction of sp³-hybridized carbons (Fsp3) is 0.528. The zero-order valence-corrected chi connectivity index (χ0v) is 29.3. The molecule has 1 aromatic rings. The molecule has 8 N–H and O–H groups in total. The van der Waals surface area contributed by atoms with Gasteiger partial charge in [-0.2, -0.15) is 0 Å². The maximum Gasteiger partial charge on any atom is 0.338 e. The summed E-state index contributed by atoms with van der Waals surface area (Å²) in [7, 11) is 1.17. The van der Waals surface area contributed by atoms with Gasteiger partial charge < -0.3 is 78.7 Å². The first kappa shape index (κ1) is 40.4. The van der Waals surface area contributed by atoms with Crippen LogP contribution in [0.15, 0.2) is 66.0 Å². The molecule has 15 atom stereocenters. The Morgan fingerprint density at radius 2 is 1.49 bits per heavy atom. The lowest BCUT2D eigenvalue weighted by atomic mass is 9.78. The van der Waals surface area contributed by atoms with Crippen molar-refractivity contribution in [2.24, 2.45) is 11.8 Å². The highest BCUT2D eigenvalue weighted by Crippen LogP contribution is 2.51. The van der Waals surface area contributed by atoms with Crippen LogP contribution in [0.25, 0.3) is 6.08 Å². The molecule has 0 bridgehead atoms. The van der Waals surface area contributed by atoms with Gasteiger partial charge in [0.05, 0.1) is 43.6 Å². The van der Waals surface area contributed by atoms with Crippen molar-refractivity contribution in [2.45, 2.75) is 86.3 Å².